The first kappa shape index (κ1) is 20.0. The number of esters is 2. The van der Waals surface area contributed by atoms with Crippen molar-refractivity contribution in [3.8, 4) is 0 Å². The van der Waals surface area contributed by atoms with E-state index in [0.717, 1.165) is 0 Å². The molecular weight excluding hydrogens is 411 g/mol. The number of carbonyl (C=O) groups excluding carboxylic acids is 2. The average molecular weight is 427 g/mol. The van der Waals surface area contributed by atoms with E-state index in [0.29, 0.717) is 21.2 Å². The number of carbonyl (C=O) groups is 2. The third kappa shape index (κ3) is 5.39. The molecule has 3 rings (SSSR count). The van der Waals surface area contributed by atoms with Crippen LogP contribution in [0.4, 0.5) is 0 Å². The highest BCUT2D eigenvalue weighted by Gasteiger charge is 2.38. The molecule has 0 aromatic heterocycles. The van der Waals surface area contributed by atoms with Crippen molar-refractivity contribution in [1.29, 1.82) is 0 Å². The molecule has 1 saturated heterocycles. The van der Waals surface area contributed by atoms with E-state index in [-0.39, 0.29) is 18.3 Å². The SMILES string of the molecule is O=C(OC[C@@H]1SC(O)C[C@@H]1OC(=O)c1ccc(Cl)cc1)c1ccc(Cl)cc1. The molecule has 1 unspecified atom stereocenters. The number of hydrogen-bond donors (Lipinski definition) is 1. The largest absolute Gasteiger partial charge is 0.461 e. The fourth-order valence-electron chi connectivity index (χ4n) is 2.58. The van der Waals surface area contributed by atoms with Crippen molar-refractivity contribution < 1.29 is 24.2 Å². The van der Waals surface area contributed by atoms with Gasteiger partial charge in [-0.3, -0.25) is 0 Å². The number of rotatable bonds is 5. The molecule has 1 aliphatic heterocycles. The van der Waals surface area contributed by atoms with Gasteiger partial charge in [0.25, 0.3) is 0 Å². The fourth-order valence-corrected chi connectivity index (χ4v) is 4.03. The summed E-state index contributed by atoms with van der Waals surface area (Å²) in [7, 11) is 0. The van der Waals surface area contributed by atoms with E-state index in [1.165, 1.54) is 11.8 Å². The number of aliphatic hydroxyl groups excluding tert-OH is 1. The van der Waals surface area contributed by atoms with Crippen LogP contribution < -0.4 is 0 Å². The zero-order chi connectivity index (χ0) is 19.4. The number of aliphatic hydroxyl groups is 1. The standard InChI is InChI=1S/C19H16Cl2O5S/c20-13-5-1-11(2-6-13)18(23)25-10-16-15(9-17(22)27-16)26-19(24)12-3-7-14(21)8-4-12/h1-8,15-17,22H,9-10H2/t15-,16-,17?/m0/s1. The molecular formula is C19H16Cl2O5S. The number of hydrogen-bond acceptors (Lipinski definition) is 6. The molecule has 2 aromatic carbocycles. The summed E-state index contributed by atoms with van der Waals surface area (Å²) in [5.74, 6) is -1.02. The summed E-state index contributed by atoms with van der Waals surface area (Å²) in [6.07, 6.45) is -0.293. The molecule has 0 radical (unpaired) electrons. The van der Waals surface area contributed by atoms with E-state index in [1.807, 2.05) is 0 Å². The lowest BCUT2D eigenvalue weighted by atomic mass is 10.2. The van der Waals surface area contributed by atoms with Crippen LogP contribution in [0.2, 0.25) is 10.0 Å². The fraction of sp³-hybridized carbons (Fsp3) is 0.263. The average Bonchev–Trinajstić information content (AvgIpc) is 3.00. The van der Waals surface area contributed by atoms with Gasteiger partial charge < -0.3 is 14.6 Å². The number of ether oxygens (including phenoxy) is 2. The minimum absolute atomic E-state index is 0.0156. The van der Waals surface area contributed by atoms with Crippen LogP contribution in [0.25, 0.3) is 0 Å². The van der Waals surface area contributed by atoms with E-state index in [9.17, 15) is 14.7 Å². The molecule has 1 aliphatic rings. The number of halogens is 2. The maximum absolute atomic E-state index is 12.3. The second kappa shape index (κ2) is 8.97. The van der Waals surface area contributed by atoms with Gasteiger partial charge in [0.2, 0.25) is 0 Å². The van der Waals surface area contributed by atoms with Crippen LogP contribution in [0.15, 0.2) is 48.5 Å². The summed E-state index contributed by atoms with van der Waals surface area (Å²) in [6.45, 7) is 0.0156. The molecule has 0 amide bonds. The van der Waals surface area contributed by atoms with Gasteiger partial charge in [0.15, 0.2) is 0 Å². The molecule has 5 nitrogen and oxygen atoms in total. The van der Waals surface area contributed by atoms with Crippen LogP contribution in [0.5, 0.6) is 0 Å². The summed E-state index contributed by atoms with van der Waals surface area (Å²) < 4.78 is 10.8. The number of thioether (sulfide) groups is 1. The van der Waals surface area contributed by atoms with E-state index in [4.69, 9.17) is 32.7 Å². The molecule has 0 bridgehead atoms. The Kier molecular flexibility index (Phi) is 6.65. The minimum Gasteiger partial charge on any atom is -0.461 e. The van der Waals surface area contributed by atoms with E-state index in [2.05, 4.69) is 0 Å². The third-order valence-corrected chi connectivity index (χ3v) is 5.78. The van der Waals surface area contributed by atoms with Crippen molar-refractivity contribution >= 4 is 46.9 Å². The van der Waals surface area contributed by atoms with Gasteiger partial charge >= 0.3 is 11.9 Å². The molecule has 8 heteroatoms. The molecule has 1 heterocycles. The summed E-state index contributed by atoms with van der Waals surface area (Å²) in [5.41, 5.74) is 0.0487. The highest BCUT2D eigenvalue weighted by atomic mass is 35.5. The van der Waals surface area contributed by atoms with Crippen LogP contribution >= 0.6 is 35.0 Å². The van der Waals surface area contributed by atoms with Crippen molar-refractivity contribution in [2.45, 2.75) is 23.2 Å². The predicted molar refractivity (Wildman–Crippen MR) is 104 cm³/mol. The van der Waals surface area contributed by atoms with Crippen LogP contribution in [-0.2, 0) is 9.47 Å². The first-order chi connectivity index (χ1) is 12.9. The second-order valence-corrected chi connectivity index (χ2v) is 8.22. The highest BCUT2D eigenvalue weighted by Crippen LogP contribution is 2.35. The maximum atomic E-state index is 12.3. The van der Waals surface area contributed by atoms with Crippen molar-refractivity contribution in [1.82, 2.24) is 0 Å². The first-order valence-corrected chi connectivity index (χ1v) is 9.85. The Balaban J connectivity index is 1.58. The Morgan fingerprint density at radius 2 is 1.48 bits per heavy atom. The van der Waals surface area contributed by atoms with Crippen molar-refractivity contribution in [2.75, 3.05) is 6.61 Å². The molecule has 142 valence electrons. The molecule has 27 heavy (non-hydrogen) atoms. The second-order valence-electron chi connectivity index (χ2n) is 5.92. The number of benzene rings is 2. The Bertz CT molecular complexity index is 810. The summed E-state index contributed by atoms with van der Waals surface area (Å²) in [5, 5.41) is 10.6. The minimum atomic E-state index is -0.688. The Morgan fingerprint density at radius 1 is 0.963 bits per heavy atom. The zero-order valence-electron chi connectivity index (χ0n) is 14.0. The van der Waals surface area contributed by atoms with Crippen molar-refractivity contribution in [3.63, 3.8) is 0 Å². The van der Waals surface area contributed by atoms with Crippen LogP contribution in [0, 0.1) is 0 Å². The normalized spacial score (nSPS) is 21.7. The Hall–Kier alpha value is -1.73. The first-order valence-electron chi connectivity index (χ1n) is 8.15. The van der Waals surface area contributed by atoms with E-state index >= 15 is 0 Å². The lowest BCUT2D eigenvalue weighted by molar-refractivity contribution is 0.0178. The molecule has 0 aliphatic carbocycles. The monoisotopic (exact) mass is 426 g/mol. The van der Waals surface area contributed by atoms with Gasteiger partial charge in [-0.15, -0.1) is 11.8 Å². The Labute approximate surface area is 170 Å². The quantitative estimate of drug-likeness (QED) is 0.722. The lowest BCUT2D eigenvalue weighted by Gasteiger charge is -2.19. The molecule has 0 saturated carbocycles. The molecule has 0 spiro atoms. The topological polar surface area (TPSA) is 72.8 Å². The third-order valence-electron chi connectivity index (χ3n) is 3.98. The van der Waals surface area contributed by atoms with E-state index < -0.39 is 23.5 Å². The molecule has 2 aromatic rings. The predicted octanol–water partition coefficient (Wildman–Crippen LogP) is 4.20. The van der Waals surface area contributed by atoms with Crippen LogP contribution in [0.1, 0.15) is 27.1 Å². The van der Waals surface area contributed by atoms with Crippen LogP contribution in [0.3, 0.4) is 0 Å². The van der Waals surface area contributed by atoms with Gasteiger partial charge in [0.05, 0.1) is 16.4 Å². The van der Waals surface area contributed by atoms with Crippen molar-refractivity contribution in [3.05, 3.63) is 69.7 Å². The van der Waals surface area contributed by atoms with Crippen molar-refractivity contribution in [2.24, 2.45) is 0 Å². The molecule has 1 fully saturated rings. The molecule has 1 N–H and O–H groups in total. The molecule has 3 atom stereocenters. The highest BCUT2D eigenvalue weighted by molar-refractivity contribution is 8.00. The van der Waals surface area contributed by atoms with Gasteiger partial charge in [0.1, 0.15) is 18.1 Å². The smallest absolute Gasteiger partial charge is 0.338 e. The Morgan fingerprint density at radius 3 is 2.04 bits per heavy atom. The van der Waals surface area contributed by atoms with Gasteiger partial charge in [-0.2, -0.15) is 0 Å². The summed E-state index contributed by atoms with van der Waals surface area (Å²) in [4.78, 5) is 24.4. The van der Waals surface area contributed by atoms with Gasteiger partial charge in [-0.1, -0.05) is 23.2 Å². The lowest BCUT2D eigenvalue weighted by Crippen LogP contribution is -2.29. The van der Waals surface area contributed by atoms with Crippen LogP contribution in [-0.4, -0.2) is 40.4 Å². The maximum Gasteiger partial charge on any atom is 0.338 e. The van der Waals surface area contributed by atoms with Gasteiger partial charge in [-0.25, -0.2) is 9.59 Å². The van der Waals surface area contributed by atoms with E-state index in [1.54, 1.807) is 48.5 Å². The van der Waals surface area contributed by atoms with Gasteiger partial charge in [-0.05, 0) is 48.5 Å². The summed E-state index contributed by atoms with van der Waals surface area (Å²) in [6, 6.07) is 12.7. The zero-order valence-corrected chi connectivity index (χ0v) is 16.3. The summed E-state index contributed by atoms with van der Waals surface area (Å²) >= 11 is 12.8. The van der Waals surface area contributed by atoms with Gasteiger partial charge in [0, 0.05) is 16.5 Å².